The van der Waals surface area contributed by atoms with Gasteiger partial charge < -0.3 is 4.57 Å². The van der Waals surface area contributed by atoms with E-state index in [1.807, 2.05) is 31.4 Å². The lowest BCUT2D eigenvalue weighted by Gasteiger charge is -2.09. The molecule has 0 fully saturated rings. The Kier molecular flexibility index (Phi) is 5.60. The third-order valence-corrected chi connectivity index (χ3v) is 4.54. The van der Waals surface area contributed by atoms with E-state index in [1.165, 1.54) is 0 Å². The summed E-state index contributed by atoms with van der Waals surface area (Å²) in [5.41, 5.74) is 2.61. The molecular weight excluding hydrogens is 270 g/mol. The molecule has 3 nitrogen and oxygen atoms in total. The van der Waals surface area contributed by atoms with Crippen molar-refractivity contribution in [1.29, 1.82) is 0 Å². The Morgan fingerprint density at radius 1 is 1.50 bits per heavy atom. The fourth-order valence-electron chi connectivity index (χ4n) is 1.95. The van der Waals surface area contributed by atoms with E-state index in [9.17, 15) is 9.00 Å². The fourth-order valence-corrected chi connectivity index (χ4v) is 2.74. The van der Waals surface area contributed by atoms with Crippen LogP contribution >= 0.6 is 11.6 Å². The van der Waals surface area contributed by atoms with Crippen molar-refractivity contribution < 1.29 is 9.00 Å². The van der Waals surface area contributed by atoms with Gasteiger partial charge in [0.15, 0.2) is 5.78 Å². The van der Waals surface area contributed by atoms with Crippen molar-refractivity contribution >= 4 is 28.2 Å². The van der Waals surface area contributed by atoms with E-state index >= 15 is 0 Å². The smallest absolute Gasteiger partial charge is 0.182 e. The molecule has 0 aliphatic carbocycles. The van der Waals surface area contributed by atoms with Crippen LogP contribution in [0.4, 0.5) is 0 Å². The summed E-state index contributed by atoms with van der Waals surface area (Å²) in [6, 6.07) is 1.87. The Morgan fingerprint density at radius 3 is 2.61 bits per heavy atom. The Labute approximate surface area is 116 Å². The van der Waals surface area contributed by atoms with Crippen molar-refractivity contribution in [1.82, 2.24) is 4.57 Å². The van der Waals surface area contributed by atoms with Gasteiger partial charge >= 0.3 is 0 Å². The number of ketones is 1. The van der Waals surface area contributed by atoms with Crippen molar-refractivity contribution in [2.75, 3.05) is 11.5 Å². The van der Waals surface area contributed by atoms with Gasteiger partial charge in [0.2, 0.25) is 0 Å². The third kappa shape index (κ3) is 3.45. The summed E-state index contributed by atoms with van der Waals surface area (Å²) in [6.45, 7) is 8.14. The number of carbonyl (C=O) groups is 1. The molecule has 0 aliphatic heterocycles. The van der Waals surface area contributed by atoms with Crippen LogP contribution in [0.1, 0.15) is 35.6 Å². The summed E-state index contributed by atoms with van der Waals surface area (Å²) in [5, 5.41) is -0.510. The number of carbonyl (C=O) groups excluding carboxylic acids is 1. The van der Waals surface area contributed by atoms with Crippen LogP contribution < -0.4 is 0 Å². The van der Waals surface area contributed by atoms with Gasteiger partial charge in [0, 0.05) is 45.8 Å². The number of aryl methyl sites for hydroxylation is 1. The summed E-state index contributed by atoms with van der Waals surface area (Å²) in [7, 11) is -0.786. The molecule has 2 atom stereocenters. The van der Waals surface area contributed by atoms with Crippen LogP contribution in [0.5, 0.6) is 0 Å². The molecule has 1 heterocycles. The minimum atomic E-state index is -0.786. The van der Waals surface area contributed by atoms with Crippen LogP contribution in [0.25, 0.3) is 0 Å². The third-order valence-electron chi connectivity index (χ3n) is 3.06. The minimum Gasteiger partial charge on any atom is -0.348 e. The first kappa shape index (κ1) is 15.4. The van der Waals surface area contributed by atoms with Gasteiger partial charge in [0.25, 0.3) is 0 Å². The molecule has 18 heavy (non-hydrogen) atoms. The van der Waals surface area contributed by atoms with E-state index in [-0.39, 0.29) is 5.78 Å². The Morgan fingerprint density at radius 2 is 2.11 bits per heavy atom. The fraction of sp³-hybridized carbons (Fsp3) is 0.615. The molecule has 0 saturated carbocycles. The molecule has 0 bridgehead atoms. The molecule has 0 aliphatic rings. The molecule has 0 amide bonds. The summed E-state index contributed by atoms with van der Waals surface area (Å²) >= 11 is 5.84. The highest BCUT2D eigenvalue weighted by molar-refractivity contribution is 7.84. The maximum atomic E-state index is 11.9. The number of rotatable bonds is 6. The van der Waals surface area contributed by atoms with Gasteiger partial charge in [-0.05, 0) is 26.8 Å². The van der Waals surface area contributed by atoms with Gasteiger partial charge in [0.05, 0.1) is 5.38 Å². The predicted octanol–water partition coefficient (Wildman–Crippen LogP) is 2.68. The first-order chi connectivity index (χ1) is 8.38. The second-order valence-electron chi connectivity index (χ2n) is 4.35. The van der Waals surface area contributed by atoms with E-state index < -0.39 is 16.2 Å². The lowest BCUT2D eigenvalue weighted by molar-refractivity contribution is 0.0991. The second-order valence-corrected chi connectivity index (χ2v) is 6.87. The Balaban J connectivity index is 2.94. The van der Waals surface area contributed by atoms with Crippen molar-refractivity contribution in [3.63, 3.8) is 0 Å². The van der Waals surface area contributed by atoms with Gasteiger partial charge in [-0.15, -0.1) is 11.6 Å². The molecular formula is C13H20ClNO2S. The molecule has 0 aromatic carbocycles. The second kappa shape index (κ2) is 6.53. The van der Waals surface area contributed by atoms with Crippen LogP contribution in [0, 0.1) is 13.8 Å². The summed E-state index contributed by atoms with van der Waals surface area (Å²) in [4.78, 5) is 11.9. The van der Waals surface area contributed by atoms with Gasteiger partial charge in [-0.3, -0.25) is 9.00 Å². The zero-order valence-electron chi connectivity index (χ0n) is 11.3. The first-order valence-electron chi connectivity index (χ1n) is 6.08. The number of halogens is 1. The maximum Gasteiger partial charge on any atom is 0.182 e. The quantitative estimate of drug-likeness (QED) is 0.597. The zero-order valence-corrected chi connectivity index (χ0v) is 12.9. The molecule has 0 N–H and O–H groups in total. The number of Topliss-reactive ketones (excluding diaryl/α,β-unsaturated/α-hetero) is 1. The molecule has 1 aromatic heterocycles. The van der Waals surface area contributed by atoms with Crippen molar-refractivity contribution in [3.05, 3.63) is 23.0 Å². The number of aromatic nitrogens is 1. The number of hydrogen-bond acceptors (Lipinski definition) is 2. The van der Waals surface area contributed by atoms with Crippen LogP contribution in [0.15, 0.2) is 6.07 Å². The van der Waals surface area contributed by atoms with Gasteiger partial charge in [0.1, 0.15) is 0 Å². The van der Waals surface area contributed by atoms with Crippen LogP contribution in [0.3, 0.4) is 0 Å². The van der Waals surface area contributed by atoms with E-state index in [0.717, 1.165) is 11.4 Å². The molecule has 5 heteroatoms. The lowest BCUT2D eigenvalue weighted by Crippen LogP contribution is -2.14. The number of nitrogens with zero attached hydrogens (tertiary/aromatic N) is 1. The molecule has 2 unspecified atom stereocenters. The van der Waals surface area contributed by atoms with Crippen molar-refractivity contribution in [2.24, 2.45) is 0 Å². The summed E-state index contributed by atoms with van der Waals surface area (Å²) in [5.74, 6) is 1.24. The van der Waals surface area contributed by atoms with Crippen LogP contribution in [-0.4, -0.2) is 31.4 Å². The lowest BCUT2D eigenvalue weighted by atomic mass is 10.1. The van der Waals surface area contributed by atoms with Gasteiger partial charge in [-0.1, -0.05) is 6.92 Å². The number of hydrogen-bond donors (Lipinski definition) is 0. The molecule has 1 aromatic rings. The molecule has 0 saturated heterocycles. The average molecular weight is 290 g/mol. The Hall–Kier alpha value is -0.610. The van der Waals surface area contributed by atoms with E-state index in [1.54, 1.807) is 6.92 Å². The highest BCUT2D eigenvalue weighted by Crippen LogP contribution is 2.18. The predicted molar refractivity (Wildman–Crippen MR) is 77.1 cm³/mol. The number of alkyl halides is 1. The molecule has 0 spiro atoms. The molecule has 1 rings (SSSR count). The van der Waals surface area contributed by atoms with E-state index in [4.69, 9.17) is 11.6 Å². The van der Waals surface area contributed by atoms with Gasteiger partial charge in [-0.25, -0.2) is 0 Å². The SMILES string of the molecule is CCS(=O)CCn1c(C)cc(C(=O)C(C)Cl)c1C. The van der Waals surface area contributed by atoms with Crippen molar-refractivity contribution in [2.45, 2.75) is 39.6 Å². The summed E-state index contributed by atoms with van der Waals surface area (Å²) < 4.78 is 13.5. The zero-order chi connectivity index (χ0) is 13.9. The normalized spacial score (nSPS) is 14.5. The topological polar surface area (TPSA) is 39.1 Å². The monoisotopic (exact) mass is 289 g/mol. The summed E-state index contributed by atoms with van der Waals surface area (Å²) in [6.07, 6.45) is 0. The largest absolute Gasteiger partial charge is 0.348 e. The molecule has 0 radical (unpaired) electrons. The van der Waals surface area contributed by atoms with Crippen LogP contribution in [-0.2, 0) is 17.3 Å². The molecule has 102 valence electrons. The van der Waals surface area contributed by atoms with E-state index in [2.05, 4.69) is 0 Å². The van der Waals surface area contributed by atoms with Crippen LogP contribution in [0.2, 0.25) is 0 Å². The average Bonchev–Trinajstić information content (AvgIpc) is 2.61. The van der Waals surface area contributed by atoms with E-state index in [0.29, 0.717) is 23.6 Å². The minimum absolute atomic E-state index is 0.0485. The van der Waals surface area contributed by atoms with Gasteiger partial charge in [-0.2, -0.15) is 0 Å². The Bertz CT molecular complexity index is 466. The standard InChI is InChI=1S/C13H20ClNO2S/c1-5-18(17)7-6-15-9(2)8-12(11(15)4)13(16)10(3)14/h8,10H,5-7H2,1-4H3. The maximum absolute atomic E-state index is 11.9. The highest BCUT2D eigenvalue weighted by Gasteiger charge is 2.19. The highest BCUT2D eigenvalue weighted by atomic mass is 35.5. The van der Waals surface area contributed by atoms with Crippen molar-refractivity contribution in [3.8, 4) is 0 Å². The first-order valence-corrected chi connectivity index (χ1v) is 8.00.